The van der Waals surface area contributed by atoms with E-state index < -0.39 is 0 Å². The number of hydrogen-bond acceptors (Lipinski definition) is 2. The van der Waals surface area contributed by atoms with Crippen LogP contribution in [0.4, 0.5) is 4.39 Å². The lowest BCUT2D eigenvalue weighted by Crippen LogP contribution is -2.25. The topological polar surface area (TPSA) is 34.0 Å². The number of halogens is 2. The average Bonchev–Trinajstić information content (AvgIpc) is 3.01. The molecule has 3 rings (SSSR count). The summed E-state index contributed by atoms with van der Waals surface area (Å²) in [6.07, 6.45) is 0. The number of hydrogen-bond donors (Lipinski definition) is 1. The zero-order chi connectivity index (χ0) is 15.7. The van der Waals surface area contributed by atoms with Crippen molar-refractivity contribution in [3.8, 4) is 0 Å². The van der Waals surface area contributed by atoms with Crippen molar-refractivity contribution in [3.63, 3.8) is 0 Å². The van der Waals surface area contributed by atoms with Gasteiger partial charge in [0.05, 0.1) is 14.0 Å². The van der Waals surface area contributed by atoms with E-state index in [0.717, 1.165) is 14.0 Å². The summed E-state index contributed by atoms with van der Waals surface area (Å²) in [5, 5.41) is 2.79. The van der Waals surface area contributed by atoms with Crippen LogP contribution in [0.2, 0.25) is 0 Å². The third kappa shape index (κ3) is 2.80. The predicted octanol–water partition coefficient (Wildman–Crippen LogP) is 4.55. The molecular formula is C16H14BrFN2OS. The summed E-state index contributed by atoms with van der Waals surface area (Å²) in [6.45, 7) is 2.88. The molecule has 3 nitrogen and oxygen atoms in total. The fourth-order valence-electron chi connectivity index (χ4n) is 2.45. The molecule has 0 aliphatic rings. The first-order chi connectivity index (χ1) is 10.6. The minimum Gasteiger partial charge on any atom is -0.347 e. The minimum absolute atomic E-state index is 0.178. The van der Waals surface area contributed by atoms with Crippen molar-refractivity contribution in [2.45, 2.75) is 20.0 Å². The van der Waals surface area contributed by atoms with E-state index >= 15 is 0 Å². The standard InChI is InChI=1S/C16H14BrFN2OS/c1-2-20-12-8-15(17)22-14(12)7-13(20)16(21)19-9-10-5-3-4-6-11(10)18/h3-8H,2,9H2,1H3,(H,19,21). The SMILES string of the molecule is CCn1c(C(=O)NCc2ccccc2F)cc2sc(Br)cc21. The van der Waals surface area contributed by atoms with Crippen LogP contribution in [0.3, 0.4) is 0 Å². The van der Waals surface area contributed by atoms with Gasteiger partial charge in [-0.05, 0) is 41.1 Å². The Hall–Kier alpha value is -1.66. The quantitative estimate of drug-likeness (QED) is 0.707. The van der Waals surface area contributed by atoms with Crippen molar-refractivity contribution in [1.82, 2.24) is 9.88 Å². The summed E-state index contributed by atoms with van der Waals surface area (Å²) >= 11 is 5.05. The zero-order valence-corrected chi connectivity index (χ0v) is 14.3. The fourth-order valence-corrected chi connectivity index (χ4v) is 4.01. The lowest BCUT2D eigenvalue weighted by atomic mass is 10.2. The third-order valence-corrected chi connectivity index (χ3v) is 5.08. The van der Waals surface area contributed by atoms with Gasteiger partial charge in [0.1, 0.15) is 11.5 Å². The van der Waals surface area contributed by atoms with Gasteiger partial charge in [-0.2, -0.15) is 0 Å². The van der Waals surface area contributed by atoms with E-state index in [0.29, 0.717) is 17.8 Å². The second kappa shape index (κ2) is 6.22. The number of thiophene rings is 1. The van der Waals surface area contributed by atoms with Crippen molar-refractivity contribution < 1.29 is 9.18 Å². The van der Waals surface area contributed by atoms with Gasteiger partial charge in [0.25, 0.3) is 5.91 Å². The fraction of sp³-hybridized carbons (Fsp3) is 0.188. The first-order valence-corrected chi connectivity index (χ1v) is 8.51. The highest BCUT2D eigenvalue weighted by Gasteiger charge is 2.16. The maximum Gasteiger partial charge on any atom is 0.268 e. The number of fused-ring (bicyclic) bond motifs is 1. The Balaban J connectivity index is 1.83. The van der Waals surface area contributed by atoms with Gasteiger partial charge in [0.15, 0.2) is 0 Å². The number of carbonyl (C=O) groups is 1. The monoisotopic (exact) mass is 380 g/mol. The molecule has 0 bridgehead atoms. The molecule has 0 spiro atoms. The molecule has 0 fully saturated rings. The highest BCUT2D eigenvalue weighted by molar-refractivity contribution is 9.11. The Kier molecular flexibility index (Phi) is 4.31. The van der Waals surface area contributed by atoms with Gasteiger partial charge in [-0.1, -0.05) is 18.2 Å². The van der Waals surface area contributed by atoms with E-state index in [1.165, 1.54) is 6.07 Å². The van der Waals surface area contributed by atoms with Crippen molar-refractivity contribution in [2.24, 2.45) is 0 Å². The number of amides is 1. The predicted molar refractivity (Wildman–Crippen MR) is 90.8 cm³/mol. The number of aromatic nitrogens is 1. The van der Waals surface area contributed by atoms with Gasteiger partial charge in [-0.3, -0.25) is 4.79 Å². The molecule has 114 valence electrons. The molecule has 0 radical (unpaired) electrons. The molecule has 1 N–H and O–H groups in total. The summed E-state index contributed by atoms with van der Waals surface area (Å²) in [5.41, 5.74) is 2.12. The molecule has 6 heteroatoms. The van der Waals surface area contributed by atoms with Crippen LogP contribution < -0.4 is 5.32 Å². The molecule has 0 aliphatic carbocycles. The summed E-state index contributed by atoms with van der Waals surface area (Å²) < 4.78 is 17.7. The van der Waals surface area contributed by atoms with Crippen LogP contribution >= 0.6 is 27.3 Å². The number of nitrogens with zero attached hydrogens (tertiary/aromatic N) is 1. The van der Waals surface area contributed by atoms with Crippen LogP contribution in [0.15, 0.2) is 40.2 Å². The lowest BCUT2D eigenvalue weighted by Gasteiger charge is -2.09. The minimum atomic E-state index is -0.307. The van der Waals surface area contributed by atoms with E-state index in [4.69, 9.17) is 0 Å². The first kappa shape index (κ1) is 15.2. The molecule has 0 aliphatic heterocycles. The highest BCUT2D eigenvalue weighted by atomic mass is 79.9. The second-order valence-electron chi connectivity index (χ2n) is 4.85. The first-order valence-electron chi connectivity index (χ1n) is 6.90. The van der Waals surface area contributed by atoms with Crippen molar-refractivity contribution >= 4 is 43.4 Å². The number of rotatable bonds is 4. The van der Waals surface area contributed by atoms with Gasteiger partial charge in [0.2, 0.25) is 0 Å². The lowest BCUT2D eigenvalue weighted by molar-refractivity contribution is 0.0942. The van der Waals surface area contributed by atoms with Crippen LogP contribution in [-0.4, -0.2) is 10.5 Å². The molecule has 1 aromatic carbocycles. The Morgan fingerprint density at radius 3 is 2.86 bits per heavy atom. The van der Waals surface area contributed by atoms with Crippen LogP contribution in [-0.2, 0) is 13.1 Å². The summed E-state index contributed by atoms with van der Waals surface area (Å²) in [7, 11) is 0. The summed E-state index contributed by atoms with van der Waals surface area (Å²) in [4.78, 5) is 12.4. The van der Waals surface area contributed by atoms with Crippen molar-refractivity contribution in [2.75, 3.05) is 0 Å². The molecule has 1 amide bonds. The van der Waals surface area contributed by atoms with Crippen molar-refractivity contribution in [3.05, 3.63) is 57.3 Å². The molecule has 3 aromatic rings. The Labute approximate surface area is 139 Å². The van der Waals surface area contributed by atoms with Crippen LogP contribution in [0.1, 0.15) is 23.0 Å². The highest BCUT2D eigenvalue weighted by Crippen LogP contribution is 2.32. The molecule has 0 atom stereocenters. The normalized spacial score (nSPS) is 11.0. The van der Waals surface area contributed by atoms with Crippen LogP contribution in [0.5, 0.6) is 0 Å². The molecule has 0 unspecified atom stereocenters. The van der Waals surface area contributed by atoms with Gasteiger partial charge in [-0.25, -0.2) is 4.39 Å². The Morgan fingerprint density at radius 1 is 1.36 bits per heavy atom. The van der Waals surface area contributed by atoms with E-state index in [1.54, 1.807) is 29.5 Å². The van der Waals surface area contributed by atoms with E-state index in [9.17, 15) is 9.18 Å². The Bertz CT molecular complexity index is 840. The third-order valence-electron chi connectivity index (χ3n) is 3.51. The maximum atomic E-state index is 13.6. The van der Waals surface area contributed by atoms with E-state index in [1.807, 2.05) is 23.6 Å². The van der Waals surface area contributed by atoms with E-state index in [2.05, 4.69) is 21.2 Å². The number of benzene rings is 1. The largest absolute Gasteiger partial charge is 0.347 e. The van der Waals surface area contributed by atoms with Crippen LogP contribution in [0.25, 0.3) is 10.2 Å². The number of carbonyl (C=O) groups excluding carboxylic acids is 1. The molecule has 2 aromatic heterocycles. The van der Waals surface area contributed by atoms with Gasteiger partial charge in [0, 0.05) is 18.7 Å². The molecule has 0 saturated heterocycles. The van der Waals surface area contributed by atoms with Crippen LogP contribution in [0, 0.1) is 5.82 Å². The molecular weight excluding hydrogens is 367 g/mol. The molecule has 2 heterocycles. The average molecular weight is 381 g/mol. The van der Waals surface area contributed by atoms with Crippen molar-refractivity contribution in [1.29, 1.82) is 0 Å². The van der Waals surface area contributed by atoms with Gasteiger partial charge >= 0.3 is 0 Å². The number of nitrogens with one attached hydrogen (secondary N) is 1. The number of aryl methyl sites for hydroxylation is 1. The van der Waals surface area contributed by atoms with E-state index in [-0.39, 0.29) is 18.3 Å². The molecule has 0 saturated carbocycles. The summed E-state index contributed by atoms with van der Waals surface area (Å²) in [5.74, 6) is -0.497. The second-order valence-corrected chi connectivity index (χ2v) is 7.31. The smallest absolute Gasteiger partial charge is 0.268 e. The Morgan fingerprint density at radius 2 is 2.14 bits per heavy atom. The zero-order valence-electron chi connectivity index (χ0n) is 11.9. The summed E-state index contributed by atoms with van der Waals surface area (Å²) in [6, 6.07) is 10.3. The van der Waals surface area contributed by atoms with Gasteiger partial charge < -0.3 is 9.88 Å². The van der Waals surface area contributed by atoms with Gasteiger partial charge in [-0.15, -0.1) is 11.3 Å². The maximum absolute atomic E-state index is 13.6. The molecule has 22 heavy (non-hydrogen) atoms.